The predicted molar refractivity (Wildman–Crippen MR) is 112 cm³/mol. The van der Waals surface area contributed by atoms with Crippen LogP contribution in [0.4, 0.5) is 5.69 Å². The van der Waals surface area contributed by atoms with Crippen LogP contribution in [-0.4, -0.2) is 25.9 Å². The Morgan fingerprint density at radius 3 is 2.45 bits per heavy atom. The number of amides is 1. The minimum atomic E-state index is -0.207. The quantitative estimate of drug-likeness (QED) is 0.484. The van der Waals surface area contributed by atoms with Gasteiger partial charge in [-0.05, 0) is 62.4 Å². The molecule has 0 spiro atoms. The summed E-state index contributed by atoms with van der Waals surface area (Å²) in [6.45, 7) is 3.88. The monoisotopic (exact) mass is 425 g/mol. The number of rotatable bonds is 5. The number of thiophene rings is 1. The lowest BCUT2D eigenvalue weighted by Crippen LogP contribution is -2.09. The van der Waals surface area contributed by atoms with Crippen molar-refractivity contribution in [2.45, 2.75) is 13.8 Å². The van der Waals surface area contributed by atoms with Crippen LogP contribution in [0, 0.1) is 13.8 Å². The summed E-state index contributed by atoms with van der Waals surface area (Å²) >= 11 is 7.09. The number of aryl methyl sites for hydroxylation is 2. The predicted octanol–water partition coefficient (Wildman–Crippen LogP) is 5.04. The molecule has 0 aliphatic rings. The molecule has 1 aromatic carbocycles. The fourth-order valence-electron chi connectivity index (χ4n) is 2.70. The molecule has 29 heavy (non-hydrogen) atoms. The van der Waals surface area contributed by atoms with E-state index in [1.165, 1.54) is 11.3 Å². The van der Waals surface area contributed by atoms with Crippen LogP contribution >= 0.6 is 22.9 Å². The van der Waals surface area contributed by atoms with Gasteiger partial charge in [-0.25, -0.2) is 4.68 Å². The summed E-state index contributed by atoms with van der Waals surface area (Å²) < 4.78 is 8.02. The summed E-state index contributed by atoms with van der Waals surface area (Å²) in [4.78, 5) is 12.7. The number of aromatic nitrogens is 4. The number of nitrogens with zero attached hydrogens (tertiary/aromatic N) is 4. The molecule has 0 aliphatic heterocycles. The van der Waals surface area contributed by atoms with E-state index in [-0.39, 0.29) is 5.91 Å². The first-order valence-corrected chi connectivity index (χ1v) is 9.89. The standard InChI is InChI=1S/C20H16ClN5O2S/c1-12-11-13(2)26(25-12)18-9-10-19(24-23-18)28-15-5-3-14(4-6-15)22-20(27)16-7-8-17(21)29-16/h3-11H,1-2H3,(H,22,27). The number of hydrogen-bond donors (Lipinski definition) is 1. The number of carbonyl (C=O) groups is 1. The van der Waals surface area contributed by atoms with Gasteiger partial charge in [-0.3, -0.25) is 4.79 Å². The lowest BCUT2D eigenvalue weighted by atomic mass is 10.3. The number of carbonyl (C=O) groups excluding carboxylic acids is 1. The fourth-order valence-corrected chi connectivity index (χ4v) is 3.64. The molecule has 3 heterocycles. The lowest BCUT2D eigenvalue weighted by molar-refractivity contribution is 0.103. The van der Waals surface area contributed by atoms with E-state index in [9.17, 15) is 4.79 Å². The third-order valence-electron chi connectivity index (χ3n) is 3.98. The fraction of sp³-hybridized carbons (Fsp3) is 0.100. The molecule has 0 radical (unpaired) electrons. The van der Waals surface area contributed by atoms with Gasteiger partial charge >= 0.3 is 0 Å². The number of ether oxygens (including phenoxy) is 1. The molecule has 0 unspecified atom stereocenters. The molecule has 7 nitrogen and oxygen atoms in total. The highest BCUT2D eigenvalue weighted by Crippen LogP contribution is 2.24. The number of hydrogen-bond acceptors (Lipinski definition) is 6. The van der Waals surface area contributed by atoms with E-state index in [2.05, 4.69) is 20.6 Å². The summed E-state index contributed by atoms with van der Waals surface area (Å²) in [7, 11) is 0. The number of anilines is 1. The molecule has 0 saturated carbocycles. The minimum Gasteiger partial charge on any atom is -0.438 e. The second-order valence-corrected chi connectivity index (χ2v) is 7.97. The van der Waals surface area contributed by atoms with E-state index in [0.29, 0.717) is 32.3 Å². The molecule has 0 fully saturated rings. The van der Waals surface area contributed by atoms with E-state index in [4.69, 9.17) is 16.3 Å². The van der Waals surface area contributed by atoms with Crippen molar-refractivity contribution in [2.75, 3.05) is 5.32 Å². The Labute approximate surface area is 175 Å². The average molecular weight is 426 g/mol. The third kappa shape index (κ3) is 4.44. The zero-order chi connectivity index (χ0) is 20.4. The van der Waals surface area contributed by atoms with Crippen LogP contribution in [0.1, 0.15) is 21.1 Å². The van der Waals surface area contributed by atoms with Crippen molar-refractivity contribution in [1.29, 1.82) is 0 Å². The number of nitrogens with one attached hydrogen (secondary N) is 1. The summed E-state index contributed by atoms with van der Waals surface area (Å²) in [5.74, 6) is 1.35. The van der Waals surface area contributed by atoms with Crippen molar-refractivity contribution in [3.05, 3.63) is 75.2 Å². The Morgan fingerprint density at radius 2 is 1.86 bits per heavy atom. The second kappa shape index (κ2) is 8.02. The first-order valence-electron chi connectivity index (χ1n) is 8.70. The third-order valence-corrected chi connectivity index (χ3v) is 5.21. The van der Waals surface area contributed by atoms with Crippen molar-refractivity contribution >= 4 is 34.5 Å². The second-order valence-electron chi connectivity index (χ2n) is 6.25. The number of benzene rings is 1. The molecule has 0 saturated heterocycles. The van der Waals surface area contributed by atoms with Gasteiger partial charge in [0.1, 0.15) is 5.75 Å². The molecule has 4 rings (SSSR count). The molecular weight excluding hydrogens is 410 g/mol. The van der Waals surface area contributed by atoms with Gasteiger partial charge in [0.25, 0.3) is 5.91 Å². The average Bonchev–Trinajstić information content (AvgIpc) is 3.29. The van der Waals surface area contributed by atoms with Crippen LogP contribution in [-0.2, 0) is 0 Å². The Hall–Kier alpha value is -3.23. The maximum Gasteiger partial charge on any atom is 0.265 e. The highest BCUT2D eigenvalue weighted by Gasteiger charge is 2.10. The zero-order valence-corrected chi connectivity index (χ0v) is 17.2. The van der Waals surface area contributed by atoms with Crippen molar-refractivity contribution in [1.82, 2.24) is 20.0 Å². The lowest BCUT2D eigenvalue weighted by Gasteiger charge is -2.07. The summed E-state index contributed by atoms with van der Waals surface area (Å²) in [6.07, 6.45) is 0. The molecular formula is C20H16ClN5O2S. The zero-order valence-electron chi connectivity index (χ0n) is 15.6. The van der Waals surface area contributed by atoms with Gasteiger partial charge in [0.05, 0.1) is 14.9 Å². The SMILES string of the molecule is Cc1cc(C)n(-c2ccc(Oc3ccc(NC(=O)c4ccc(Cl)s4)cc3)nn2)n1. The van der Waals surface area contributed by atoms with Gasteiger partial charge < -0.3 is 10.1 Å². The summed E-state index contributed by atoms with van der Waals surface area (Å²) in [5.41, 5.74) is 2.55. The first kappa shape index (κ1) is 19.1. The summed E-state index contributed by atoms with van der Waals surface area (Å²) in [6, 6.07) is 15.9. The van der Waals surface area contributed by atoms with Gasteiger partial charge in [-0.15, -0.1) is 21.5 Å². The van der Waals surface area contributed by atoms with Gasteiger partial charge in [-0.1, -0.05) is 11.6 Å². The van der Waals surface area contributed by atoms with Gasteiger partial charge in [0, 0.05) is 17.4 Å². The Kier molecular flexibility index (Phi) is 5.28. The Balaban J connectivity index is 1.41. The molecule has 1 amide bonds. The molecule has 1 N–H and O–H groups in total. The van der Waals surface area contributed by atoms with Crippen LogP contribution in [0.5, 0.6) is 11.6 Å². The van der Waals surface area contributed by atoms with E-state index < -0.39 is 0 Å². The molecule has 146 valence electrons. The first-order chi connectivity index (χ1) is 14.0. The molecule has 0 aliphatic carbocycles. The highest BCUT2D eigenvalue weighted by molar-refractivity contribution is 7.18. The van der Waals surface area contributed by atoms with E-state index in [0.717, 1.165) is 11.4 Å². The molecule has 3 aromatic heterocycles. The largest absolute Gasteiger partial charge is 0.438 e. The van der Waals surface area contributed by atoms with Crippen LogP contribution < -0.4 is 10.1 Å². The minimum absolute atomic E-state index is 0.207. The van der Waals surface area contributed by atoms with Crippen molar-refractivity contribution in [3.63, 3.8) is 0 Å². The normalized spacial score (nSPS) is 10.7. The van der Waals surface area contributed by atoms with Crippen LogP contribution in [0.3, 0.4) is 0 Å². The van der Waals surface area contributed by atoms with E-state index in [1.807, 2.05) is 19.9 Å². The maximum absolute atomic E-state index is 12.2. The van der Waals surface area contributed by atoms with Gasteiger partial charge in [0.15, 0.2) is 5.82 Å². The molecule has 0 atom stereocenters. The molecule has 0 bridgehead atoms. The molecule has 4 aromatic rings. The summed E-state index contributed by atoms with van der Waals surface area (Å²) in [5, 5.41) is 15.5. The highest BCUT2D eigenvalue weighted by atomic mass is 35.5. The smallest absolute Gasteiger partial charge is 0.265 e. The Morgan fingerprint density at radius 1 is 1.07 bits per heavy atom. The number of halogens is 1. The van der Waals surface area contributed by atoms with Crippen LogP contribution in [0.2, 0.25) is 4.34 Å². The van der Waals surface area contributed by atoms with Gasteiger partial charge in [0.2, 0.25) is 5.88 Å². The van der Waals surface area contributed by atoms with Crippen molar-refractivity contribution in [2.24, 2.45) is 0 Å². The Bertz CT molecular complexity index is 1150. The van der Waals surface area contributed by atoms with E-state index in [1.54, 1.807) is 53.2 Å². The van der Waals surface area contributed by atoms with Crippen LogP contribution in [0.25, 0.3) is 5.82 Å². The van der Waals surface area contributed by atoms with Crippen molar-refractivity contribution < 1.29 is 9.53 Å². The molecule has 9 heteroatoms. The maximum atomic E-state index is 12.2. The van der Waals surface area contributed by atoms with Crippen LogP contribution in [0.15, 0.2) is 54.6 Å². The van der Waals surface area contributed by atoms with Crippen molar-refractivity contribution in [3.8, 4) is 17.4 Å². The van der Waals surface area contributed by atoms with Gasteiger partial charge in [-0.2, -0.15) is 5.10 Å². The van der Waals surface area contributed by atoms with E-state index >= 15 is 0 Å². The topological polar surface area (TPSA) is 81.9 Å².